The van der Waals surface area contributed by atoms with E-state index in [0.717, 1.165) is 6.42 Å². The topological polar surface area (TPSA) is 88.1 Å². The van der Waals surface area contributed by atoms with E-state index in [-0.39, 0.29) is 16.9 Å². The van der Waals surface area contributed by atoms with Crippen LogP contribution in [0.15, 0.2) is 27.5 Å². The van der Waals surface area contributed by atoms with E-state index in [1.165, 1.54) is 6.07 Å². The summed E-state index contributed by atoms with van der Waals surface area (Å²) in [5, 5.41) is 2.79. The van der Waals surface area contributed by atoms with E-state index >= 15 is 0 Å². The normalized spacial score (nSPS) is 15.6. The molecule has 0 saturated heterocycles. The summed E-state index contributed by atoms with van der Waals surface area (Å²) in [6.45, 7) is 9.30. The minimum atomic E-state index is -3.79. The number of nitrogens with one attached hydrogen (secondary N) is 1. The maximum absolute atomic E-state index is 12.4. The van der Waals surface area contributed by atoms with Crippen LogP contribution in [0, 0.1) is 0 Å². The van der Waals surface area contributed by atoms with E-state index in [9.17, 15) is 13.2 Å². The maximum atomic E-state index is 12.4. The van der Waals surface area contributed by atoms with Crippen LogP contribution in [0.3, 0.4) is 0 Å². The Hall–Kier alpha value is -1.93. The zero-order chi connectivity index (χ0) is 19.3. The molecule has 1 aromatic rings. The van der Waals surface area contributed by atoms with Gasteiger partial charge in [-0.1, -0.05) is 6.92 Å². The van der Waals surface area contributed by atoms with Crippen LogP contribution in [-0.4, -0.2) is 46.0 Å². The van der Waals surface area contributed by atoms with Crippen molar-refractivity contribution in [1.29, 1.82) is 0 Å². The third kappa shape index (κ3) is 4.82. The molecule has 0 aliphatic carbocycles. The second kappa shape index (κ2) is 8.64. The molecule has 0 aromatic heterocycles. The van der Waals surface area contributed by atoms with Crippen molar-refractivity contribution in [1.82, 2.24) is 5.32 Å². The first-order chi connectivity index (χ1) is 12.3. The van der Waals surface area contributed by atoms with Gasteiger partial charge in [-0.2, -0.15) is 8.42 Å². The van der Waals surface area contributed by atoms with Gasteiger partial charge in [0.15, 0.2) is 0 Å². The number of hydrogen-bond acceptors (Lipinski definition) is 5. The van der Waals surface area contributed by atoms with Crippen molar-refractivity contribution in [3.63, 3.8) is 0 Å². The number of fused-ring (bicyclic) bond motifs is 1. The third-order valence-electron chi connectivity index (χ3n) is 3.94. The van der Waals surface area contributed by atoms with Gasteiger partial charge in [-0.25, -0.2) is 0 Å². The number of benzene rings is 1. The molecule has 0 fully saturated rings. The Bertz CT molecular complexity index is 788. The summed E-state index contributed by atoms with van der Waals surface area (Å²) in [4.78, 5) is 14.3. The van der Waals surface area contributed by atoms with Gasteiger partial charge in [-0.15, -0.1) is 4.40 Å². The molecule has 0 bridgehead atoms. The average Bonchev–Trinajstić information content (AvgIpc) is 2.57. The molecule has 0 radical (unpaired) electrons. The quantitative estimate of drug-likeness (QED) is 0.699. The first-order valence-electron chi connectivity index (χ1n) is 8.89. The molecule has 8 heteroatoms. The lowest BCUT2D eigenvalue weighted by atomic mass is 10.1. The summed E-state index contributed by atoms with van der Waals surface area (Å²) < 4.78 is 34.1. The van der Waals surface area contributed by atoms with Gasteiger partial charge in [0.25, 0.3) is 15.9 Å². The summed E-state index contributed by atoms with van der Waals surface area (Å²) in [7, 11) is -3.79. The fourth-order valence-corrected chi connectivity index (χ4v) is 4.00. The molecular weight excluding hydrogens is 354 g/mol. The number of nitrogens with zero attached hydrogens (tertiary/aromatic N) is 2. The fraction of sp³-hybridized carbons (Fsp3) is 0.556. The van der Waals surface area contributed by atoms with Crippen molar-refractivity contribution in [2.45, 2.75) is 51.5 Å². The van der Waals surface area contributed by atoms with Crippen molar-refractivity contribution < 1.29 is 17.9 Å². The zero-order valence-corrected chi connectivity index (χ0v) is 16.6. The fourth-order valence-electron chi connectivity index (χ4n) is 2.73. The lowest BCUT2D eigenvalue weighted by molar-refractivity contribution is 0.0757. The zero-order valence-electron chi connectivity index (χ0n) is 15.8. The third-order valence-corrected chi connectivity index (χ3v) is 5.33. The van der Waals surface area contributed by atoms with Gasteiger partial charge >= 0.3 is 0 Å². The number of amidine groups is 1. The number of amides is 1. The number of carbonyl (C=O) groups excluding carboxylic acids is 1. The van der Waals surface area contributed by atoms with Gasteiger partial charge in [0.05, 0.1) is 11.8 Å². The number of rotatable bonds is 8. The minimum absolute atomic E-state index is 0.0762. The summed E-state index contributed by atoms with van der Waals surface area (Å²) in [5.74, 6) is 0.141. The largest absolute Gasteiger partial charge is 0.379 e. The summed E-state index contributed by atoms with van der Waals surface area (Å²) >= 11 is 0. The molecule has 1 amide bonds. The average molecular weight is 381 g/mol. The van der Waals surface area contributed by atoms with E-state index in [1.807, 2.05) is 25.7 Å². The number of hydrogen-bond donors (Lipinski definition) is 1. The Morgan fingerprint density at radius 2 is 2.08 bits per heavy atom. The highest BCUT2D eigenvalue weighted by Crippen LogP contribution is 2.32. The second-order valence-electron chi connectivity index (χ2n) is 6.48. The van der Waals surface area contributed by atoms with Crippen LogP contribution >= 0.6 is 0 Å². The molecular formula is C18H27N3O4S. The molecule has 1 heterocycles. The Morgan fingerprint density at radius 3 is 2.73 bits per heavy atom. The van der Waals surface area contributed by atoms with Gasteiger partial charge in [-0.05, 0) is 51.8 Å². The molecule has 7 nitrogen and oxygen atoms in total. The molecule has 26 heavy (non-hydrogen) atoms. The van der Waals surface area contributed by atoms with Crippen molar-refractivity contribution >= 4 is 27.5 Å². The lowest BCUT2D eigenvalue weighted by Gasteiger charge is -2.29. The maximum Gasteiger partial charge on any atom is 0.286 e. The minimum Gasteiger partial charge on any atom is -0.379 e. The van der Waals surface area contributed by atoms with Gasteiger partial charge in [0.1, 0.15) is 10.7 Å². The highest BCUT2D eigenvalue weighted by molar-refractivity contribution is 7.90. The Labute approximate surface area is 155 Å². The van der Waals surface area contributed by atoms with Crippen LogP contribution in [0.25, 0.3) is 0 Å². The number of ether oxygens (including phenoxy) is 1. The Balaban J connectivity index is 2.14. The van der Waals surface area contributed by atoms with Gasteiger partial charge in [-0.3, -0.25) is 4.79 Å². The Morgan fingerprint density at radius 1 is 1.35 bits per heavy atom. The van der Waals surface area contributed by atoms with Crippen LogP contribution < -0.4 is 10.2 Å². The predicted molar refractivity (Wildman–Crippen MR) is 102 cm³/mol. The molecule has 144 valence electrons. The highest BCUT2D eigenvalue weighted by Gasteiger charge is 2.29. The van der Waals surface area contributed by atoms with Gasteiger partial charge < -0.3 is 15.0 Å². The molecule has 1 N–H and O–H groups in total. The molecule has 1 aliphatic rings. The van der Waals surface area contributed by atoms with Gasteiger partial charge in [0, 0.05) is 25.3 Å². The summed E-state index contributed by atoms with van der Waals surface area (Å²) in [6, 6.07) is 4.73. The molecule has 1 aliphatic heterocycles. The summed E-state index contributed by atoms with van der Waals surface area (Å²) in [6.07, 6.45) is 1.71. The number of anilines is 1. The number of sulfonamides is 1. The van der Waals surface area contributed by atoms with E-state index in [1.54, 1.807) is 19.1 Å². The molecule has 1 aromatic carbocycles. The molecule has 0 unspecified atom stereocenters. The van der Waals surface area contributed by atoms with Crippen LogP contribution in [0.1, 0.15) is 50.9 Å². The van der Waals surface area contributed by atoms with Crippen molar-refractivity contribution in [3.8, 4) is 0 Å². The Kier molecular flexibility index (Phi) is 6.77. The molecule has 0 atom stereocenters. The van der Waals surface area contributed by atoms with Crippen LogP contribution in [0.4, 0.5) is 5.69 Å². The predicted octanol–water partition coefficient (Wildman–Crippen LogP) is 2.57. The van der Waals surface area contributed by atoms with Crippen LogP contribution in [-0.2, 0) is 14.8 Å². The van der Waals surface area contributed by atoms with Crippen molar-refractivity contribution in [3.05, 3.63) is 23.8 Å². The van der Waals surface area contributed by atoms with E-state index in [4.69, 9.17) is 4.74 Å². The summed E-state index contributed by atoms with van der Waals surface area (Å²) in [5.41, 5.74) is 0.879. The van der Waals surface area contributed by atoms with Crippen molar-refractivity contribution in [2.24, 2.45) is 4.40 Å². The standard InChI is InChI=1S/C18H27N3O4S/c1-5-10-21-14(4)20-26(23,24)17-12-15(7-8-16(17)21)18(22)19-9-6-11-25-13(2)3/h7-8,12-13H,5-6,9-11H2,1-4H3,(H,19,22). The van der Waals surface area contributed by atoms with Crippen molar-refractivity contribution in [2.75, 3.05) is 24.6 Å². The smallest absolute Gasteiger partial charge is 0.286 e. The first kappa shape index (κ1) is 20.4. The van der Waals surface area contributed by atoms with E-state index in [0.29, 0.717) is 43.2 Å². The van der Waals surface area contributed by atoms with E-state index in [2.05, 4.69) is 9.71 Å². The van der Waals surface area contributed by atoms with Gasteiger partial charge in [0.2, 0.25) is 0 Å². The highest BCUT2D eigenvalue weighted by atomic mass is 32.2. The lowest BCUT2D eigenvalue weighted by Crippen LogP contribution is -2.35. The van der Waals surface area contributed by atoms with E-state index < -0.39 is 10.0 Å². The number of carbonyl (C=O) groups is 1. The monoisotopic (exact) mass is 381 g/mol. The SMILES string of the molecule is CCCN1C(C)=NS(=O)(=O)c2cc(C(=O)NCCCOC(C)C)ccc21. The van der Waals surface area contributed by atoms with Crippen LogP contribution in [0.5, 0.6) is 0 Å². The second-order valence-corrected chi connectivity index (χ2v) is 8.05. The molecule has 0 saturated carbocycles. The van der Waals surface area contributed by atoms with Crippen LogP contribution in [0.2, 0.25) is 0 Å². The first-order valence-corrected chi connectivity index (χ1v) is 10.3. The molecule has 2 rings (SSSR count). The molecule has 0 spiro atoms.